The lowest BCUT2D eigenvalue weighted by Crippen LogP contribution is -2.31. The number of sulfonamides is 1. The van der Waals surface area contributed by atoms with Crippen LogP contribution in [0.2, 0.25) is 10.0 Å². The quantitative estimate of drug-likeness (QED) is 0.708. The fourth-order valence-electron chi connectivity index (χ4n) is 2.12. The third-order valence-corrected chi connectivity index (χ3v) is 5.83. The highest BCUT2D eigenvalue weighted by Crippen LogP contribution is 2.34. The zero-order valence-corrected chi connectivity index (χ0v) is 14.6. The molecule has 0 fully saturated rings. The van der Waals surface area contributed by atoms with E-state index in [1.54, 1.807) is 0 Å². The molecule has 9 heteroatoms. The van der Waals surface area contributed by atoms with Crippen LogP contribution in [0, 0.1) is 0 Å². The minimum absolute atomic E-state index is 0.0650. The highest BCUT2D eigenvalue weighted by molar-refractivity contribution is 7.93. The Morgan fingerprint density at radius 1 is 1.08 bits per heavy atom. The molecule has 0 bridgehead atoms. The minimum Gasteiger partial charge on any atom is -0.267 e. The van der Waals surface area contributed by atoms with Gasteiger partial charge >= 0.3 is 6.18 Å². The molecular formula is C15H12Cl2F3NO2S. The molecule has 0 heterocycles. The molecule has 0 aromatic heterocycles. The Hall–Kier alpha value is -1.44. The second kappa shape index (κ2) is 6.82. The van der Waals surface area contributed by atoms with Gasteiger partial charge in [-0.3, -0.25) is 4.31 Å². The van der Waals surface area contributed by atoms with Crippen molar-refractivity contribution in [3.63, 3.8) is 0 Å². The van der Waals surface area contributed by atoms with E-state index in [4.69, 9.17) is 23.2 Å². The molecule has 0 aliphatic rings. The van der Waals surface area contributed by atoms with Crippen molar-refractivity contribution in [1.82, 2.24) is 0 Å². The van der Waals surface area contributed by atoms with Gasteiger partial charge in [-0.25, -0.2) is 8.42 Å². The van der Waals surface area contributed by atoms with Crippen LogP contribution in [0.25, 0.3) is 0 Å². The number of nitrogens with zero attached hydrogens (tertiary/aromatic N) is 1. The molecule has 24 heavy (non-hydrogen) atoms. The van der Waals surface area contributed by atoms with Gasteiger partial charge in [-0.2, -0.15) is 13.2 Å². The lowest BCUT2D eigenvalue weighted by molar-refractivity contribution is -0.137. The van der Waals surface area contributed by atoms with Gasteiger partial charge in [0.15, 0.2) is 0 Å². The summed E-state index contributed by atoms with van der Waals surface area (Å²) < 4.78 is 65.0. The van der Waals surface area contributed by atoms with Crippen molar-refractivity contribution < 1.29 is 21.6 Å². The summed E-state index contributed by atoms with van der Waals surface area (Å²) in [5, 5.41) is 0.0860. The van der Waals surface area contributed by atoms with Gasteiger partial charge in [0, 0.05) is 11.6 Å². The van der Waals surface area contributed by atoms with Crippen molar-refractivity contribution in [2.45, 2.75) is 18.0 Å². The summed E-state index contributed by atoms with van der Waals surface area (Å²) in [6, 6.07) is 7.98. The van der Waals surface area contributed by atoms with Crippen molar-refractivity contribution >= 4 is 38.9 Å². The first-order chi connectivity index (χ1) is 11.1. The van der Waals surface area contributed by atoms with E-state index < -0.39 is 21.8 Å². The molecule has 0 N–H and O–H groups in total. The van der Waals surface area contributed by atoms with Crippen LogP contribution in [0.5, 0.6) is 0 Å². The predicted octanol–water partition coefficient (Wildman–Crippen LogP) is 5.23. The number of hydrogen-bond donors (Lipinski definition) is 0. The summed E-state index contributed by atoms with van der Waals surface area (Å²) in [5.41, 5.74) is -1.05. The van der Waals surface area contributed by atoms with E-state index >= 15 is 0 Å². The standard InChI is InChI=1S/C15H12Cl2F3NO2S/c1-2-21(12-5-3-4-10(8-12)15(18,19)20)24(22,23)14-9-11(16)6-7-13(14)17/h3-9H,2H2,1H3. The molecule has 0 saturated heterocycles. The number of anilines is 1. The third-order valence-electron chi connectivity index (χ3n) is 3.21. The van der Waals surface area contributed by atoms with Gasteiger partial charge in [-0.1, -0.05) is 29.3 Å². The minimum atomic E-state index is -4.58. The molecule has 0 atom stereocenters. The maximum absolute atomic E-state index is 12.9. The van der Waals surface area contributed by atoms with E-state index in [2.05, 4.69) is 0 Å². The Labute approximate surface area is 147 Å². The van der Waals surface area contributed by atoms with Gasteiger partial charge in [0.2, 0.25) is 0 Å². The Kier molecular flexibility index (Phi) is 5.37. The van der Waals surface area contributed by atoms with Crippen molar-refractivity contribution in [2.75, 3.05) is 10.8 Å². The van der Waals surface area contributed by atoms with E-state index in [1.807, 2.05) is 0 Å². The van der Waals surface area contributed by atoms with Crippen molar-refractivity contribution in [1.29, 1.82) is 0 Å². The summed E-state index contributed by atoms with van der Waals surface area (Å²) in [5.74, 6) is 0. The second-order valence-corrected chi connectivity index (χ2v) is 7.47. The highest BCUT2D eigenvalue weighted by Gasteiger charge is 2.32. The van der Waals surface area contributed by atoms with Crippen LogP contribution in [0.4, 0.5) is 18.9 Å². The van der Waals surface area contributed by atoms with Crippen LogP contribution in [-0.2, 0) is 16.2 Å². The number of halogens is 5. The molecule has 3 nitrogen and oxygen atoms in total. The van der Waals surface area contributed by atoms with Crippen LogP contribution in [0.15, 0.2) is 47.4 Å². The fraction of sp³-hybridized carbons (Fsp3) is 0.200. The molecule has 0 amide bonds. The SMILES string of the molecule is CCN(c1cccc(C(F)(F)F)c1)S(=O)(=O)c1cc(Cl)ccc1Cl. The van der Waals surface area contributed by atoms with Crippen molar-refractivity contribution in [2.24, 2.45) is 0 Å². The molecule has 0 spiro atoms. The first-order valence-corrected chi connectivity index (χ1v) is 8.92. The van der Waals surface area contributed by atoms with E-state index in [-0.39, 0.29) is 27.2 Å². The van der Waals surface area contributed by atoms with Crippen molar-refractivity contribution in [3.05, 3.63) is 58.1 Å². The van der Waals surface area contributed by atoms with Crippen LogP contribution in [-0.4, -0.2) is 15.0 Å². The molecule has 0 saturated carbocycles. The average molecular weight is 398 g/mol. The van der Waals surface area contributed by atoms with Crippen LogP contribution < -0.4 is 4.31 Å². The Morgan fingerprint density at radius 3 is 2.33 bits per heavy atom. The molecule has 0 aliphatic heterocycles. The zero-order chi connectivity index (χ0) is 18.1. The molecule has 2 aromatic rings. The van der Waals surface area contributed by atoms with Gasteiger partial charge < -0.3 is 0 Å². The fourth-order valence-corrected chi connectivity index (χ4v) is 4.33. The summed E-state index contributed by atoms with van der Waals surface area (Å²) in [7, 11) is -4.17. The van der Waals surface area contributed by atoms with Crippen LogP contribution in [0.3, 0.4) is 0 Å². The summed E-state index contributed by atoms with van der Waals surface area (Å²) >= 11 is 11.7. The maximum Gasteiger partial charge on any atom is 0.416 e. The van der Waals surface area contributed by atoms with E-state index in [0.717, 1.165) is 28.6 Å². The molecular weight excluding hydrogens is 386 g/mol. The molecule has 2 rings (SSSR count). The normalized spacial score (nSPS) is 12.2. The zero-order valence-electron chi connectivity index (χ0n) is 12.3. The van der Waals surface area contributed by atoms with Gasteiger partial charge in [-0.05, 0) is 43.3 Å². The lowest BCUT2D eigenvalue weighted by atomic mass is 10.2. The van der Waals surface area contributed by atoms with Crippen LogP contribution >= 0.6 is 23.2 Å². The number of hydrogen-bond acceptors (Lipinski definition) is 2. The van der Waals surface area contributed by atoms with Gasteiger partial charge in [0.25, 0.3) is 10.0 Å². The molecule has 0 aliphatic carbocycles. The first kappa shape index (κ1) is 18.9. The smallest absolute Gasteiger partial charge is 0.267 e. The Bertz CT molecular complexity index is 854. The Balaban J connectivity index is 2.57. The Morgan fingerprint density at radius 2 is 1.75 bits per heavy atom. The topological polar surface area (TPSA) is 37.4 Å². The molecule has 0 unspecified atom stereocenters. The molecule has 2 aromatic carbocycles. The van der Waals surface area contributed by atoms with Crippen molar-refractivity contribution in [3.8, 4) is 0 Å². The summed E-state index contributed by atoms with van der Waals surface area (Å²) in [6.45, 7) is 1.43. The average Bonchev–Trinajstić information content (AvgIpc) is 2.49. The van der Waals surface area contributed by atoms with Gasteiger partial charge in [0.1, 0.15) is 4.90 Å². The summed E-state index contributed by atoms with van der Waals surface area (Å²) in [4.78, 5) is -0.268. The number of benzene rings is 2. The first-order valence-electron chi connectivity index (χ1n) is 6.72. The number of rotatable bonds is 4. The maximum atomic E-state index is 12.9. The third kappa shape index (κ3) is 3.79. The predicted molar refractivity (Wildman–Crippen MR) is 88.1 cm³/mol. The number of alkyl halides is 3. The molecule has 130 valence electrons. The van der Waals surface area contributed by atoms with E-state index in [1.165, 1.54) is 25.1 Å². The largest absolute Gasteiger partial charge is 0.416 e. The van der Waals surface area contributed by atoms with Crippen LogP contribution in [0.1, 0.15) is 12.5 Å². The lowest BCUT2D eigenvalue weighted by Gasteiger charge is -2.24. The van der Waals surface area contributed by atoms with E-state index in [0.29, 0.717) is 0 Å². The monoisotopic (exact) mass is 397 g/mol. The highest BCUT2D eigenvalue weighted by atomic mass is 35.5. The summed E-state index contributed by atoms with van der Waals surface area (Å²) in [6.07, 6.45) is -4.58. The van der Waals surface area contributed by atoms with Gasteiger partial charge in [-0.15, -0.1) is 0 Å². The van der Waals surface area contributed by atoms with E-state index in [9.17, 15) is 21.6 Å². The van der Waals surface area contributed by atoms with Gasteiger partial charge in [0.05, 0.1) is 16.3 Å². The molecule has 0 radical (unpaired) electrons. The second-order valence-electron chi connectivity index (χ2n) is 4.79.